The van der Waals surface area contributed by atoms with Gasteiger partial charge in [-0.1, -0.05) is 53.0 Å². The van der Waals surface area contributed by atoms with Crippen molar-refractivity contribution in [3.63, 3.8) is 0 Å². The first-order valence-electron chi connectivity index (χ1n) is 9.73. The summed E-state index contributed by atoms with van der Waals surface area (Å²) < 4.78 is 1.70. The molecule has 7 heteroatoms. The second-order valence-corrected chi connectivity index (χ2v) is 8.25. The molecule has 2 N–H and O–H groups in total. The Morgan fingerprint density at radius 3 is 2.13 bits per heavy atom. The molecule has 5 nitrogen and oxygen atoms in total. The van der Waals surface area contributed by atoms with E-state index in [0.717, 1.165) is 16.7 Å². The van der Waals surface area contributed by atoms with Gasteiger partial charge in [0, 0.05) is 26.7 Å². The van der Waals surface area contributed by atoms with Crippen LogP contribution in [0, 0.1) is 6.92 Å². The highest BCUT2D eigenvalue weighted by atomic mass is 35.5. The molecule has 0 unspecified atom stereocenters. The summed E-state index contributed by atoms with van der Waals surface area (Å²) >= 11 is 12.0. The van der Waals surface area contributed by atoms with E-state index in [1.54, 1.807) is 41.1 Å². The van der Waals surface area contributed by atoms with Crippen LogP contribution in [-0.2, 0) is 4.79 Å². The molecule has 1 saturated heterocycles. The lowest BCUT2D eigenvalue weighted by molar-refractivity contribution is -0.596. The molecule has 1 fully saturated rings. The molecule has 1 heterocycles. The largest absolute Gasteiger partial charge is 0.334 e. The average molecular weight is 453 g/mol. The summed E-state index contributed by atoms with van der Waals surface area (Å²) in [4.78, 5) is 25.7. The van der Waals surface area contributed by atoms with E-state index in [1.165, 1.54) is 0 Å². The Morgan fingerprint density at radius 2 is 1.52 bits per heavy atom. The fourth-order valence-corrected chi connectivity index (χ4v) is 3.73. The zero-order valence-electron chi connectivity index (χ0n) is 16.7. The van der Waals surface area contributed by atoms with Crippen LogP contribution in [0.4, 0.5) is 0 Å². The Kier molecular flexibility index (Phi) is 6.07. The Hall–Kier alpha value is -3.15. The Labute approximate surface area is 190 Å². The van der Waals surface area contributed by atoms with Crippen LogP contribution < -0.4 is 10.7 Å². The third kappa shape index (κ3) is 4.79. The van der Waals surface area contributed by atoms with E-state index in [0.29, 0.717) is 15.6 Å². The predicted octanol–water partition coefficient (Wildman–Crippen LogP) is 4.32. The maximum Gasteiger partial charge on any atom is 0.304 e. The Bertz CT molecular complexity index is 1140. The lowest BCUT2D eigenvalue weighted by Gasteiger charge is -2.15. The zero-order valence-corrected chi connectivity index (χ0v) is 18.2. The standard InChI is InChI=1S/C24H19Cl2N3O2/c1-15-2-6-18(7-3-15)23(30)27-21-22(17-8-12-20(26)13-9-17)29(28-24(21)31)14-16-4-10-19(25)11-5-16/h2-14,21-22H,1H3,(H-,27,28,30,31)/p+1/b29-14-/t21-,22-/m0/s1. The molecule has 0 saturated carbocycles. The van der Waals surface area contributed by atoms with Crippen molar-refractivity contribution in [2.45, 2.75) is 19.0 Å². The number of nitrogens with one attached hydrogen (secondary N) is 2. The lowest BCUT2D eigenvalue weighted by Crippen LogP contribution is -2.42. The van der Waals surface area contributed by atoms with Gasteiger partial charge in [-0.25, -0.2) is 0 Å². The first kappa shape index (κ1) is 21.1. The topological polar surface area (TPSA) is 61.2 Å². The SMILES string of the molecule is Cc1ccc(C(=O)N[C@@H]2C(=O)N/[N+](=C\c3ccc(Cl)cc3)[C@H]2c2ccc(Cl)cc2)cc1. The van der Waals surface area contributed by atoms with Gasteiger partial charge in [0.15, 0.2) is 6.04 Å². The Morgan fingerprint density at radius 1 is 0.935 bits per heavy atom. The van der Waals surface area contributed by atoms with E-state index in [1.807, 2.05) is 49.5 Å². The van der Waals surface area contributed by atoms with Crippen LogP contribution in [0.1, 0.15) is 33.1 Å². The fourth-order valence-electron chi connectivity index (χ4n) is 3.48. The molecule has 156 valence electrons. The number of hydrogen-bond donors (Lipinski definition) is 2. The van der Waals surface area contributed by atoms with Gasteiger partial charge in [-0.05, 0) is 55.5 Å². The molecule has 31 heavy (non-hydrogen) atoms. The van der Waals surface area contributed by atoms with Crippen molar-refractivity contribution >= 4 is 41.2 Å². The van der Waals surface area contributed by atoms with E-state index >= 15 is 0 Å². The maximum absolute atomic E-state index is 12.9. The average Bonchev–Trinajstić information content (AvgIpc) is 3.05. The van der Waals surface area contributed by atoms with Gasteiger partial charge in [0.1, 0.15) is 0 Å². The van der Waals surface area contributed by atoms with Crippen LogP contribution in [0.2, 0.25) is 10.0 Å². The van der Waals surface area contributed by atoms with Crippen molar-refractivity contribution in [3.8, 4) is 0 Å². The molecule has 0 spiro atoms. The first-order chi connectivity index (χ1) is 14.9. The van der Waals surface area contributed by atoms with Crippen LogP contribution in [0.5, 0.6) is 0 Å². The number of nitrogens with zero attached hydrogens (tertiary/aromatic N) is 1. The minimum atomic E-state index is -0.793. The minimum absolute atomic E-state index is 0.300. The van der Waals surface area contributed by atoms with Gasteiger partial charge >= 0.3 is 5.91 Å². The summed E-state index contributed by atoms with van der Waals surface area (Å²) in [5.41, 5.74) is 6.09. The summed E-state index contributed by atoms with van der Waals surface area (Å²) in [7, 11) is 0. The van der Waals surface area contributed by atoms with E-state index in [2.05, 4.69) is 10.7 Å². The van der Waals surface area contributed by atoms with E-state index in [4.69, 9.17) is 23.2 Å². The number of halogens is 2. The van der Waals surface area contributed by atoms with Crippen molar-refractivity contribution in [2.24, 2.45) is 0 Å². The number of hydrogen-bond acceptors (Lipinski definition) is 2. The number of hydrazine groups is 1. The maximum atomic E-state index is 12.9. The lowest BCUT2D eigenvalue weighted by atomic mass is 9.99. The van der Waals surface area contributed by atoms with Crippen LogP contribution >= 0.6 is 23.2 Å². The smallest absolute Gasteiger partial charge is 0.304 e. The highest BCUT2D eigenvalue weighted by Gasteiger charge is 2.47. The van der Waals surface area contributed by atoms with Crippen molar-refractivity contribution in [3.05, 3.63) is 105 Å². The molecule has 1 aliphatic heterocycles. The predicted molar refractivity (Wildman–Crippen MR) is 122 cm³/mol. The molecule has 3 aromatic rings. The van der Waals surface area contributed by atoms with Crippen molar-refractivity contribution in [1.29, 1.82) is 0 Å². The van der Waals surface area contributed by atoms with Gasteiger partial charge in [-0.2, -0.15) is 0 Å². The number of carbonyl (C=O) groups is 2. The number of hydrazone groups is 1. The second kappa shape index (κ2) is 8.92. The monoisotopic (exact) mass is 452 g/mol. The molecule has 0 radical (unpaired) electrons. The number of benzene rings is 3. The number of amides is 2. The molecule has 2 amide bonds. The molecule has 4 rings (SSSR count). The van der Waals surface area contributed by atoms with E-state index in [-0.39, 0.29) is 11.8 Å². The third-order valence-electron chi connectivity index (χ3n) is 5.11. The second-order valence-electron chi connectivity index (χ2n) is 7.38. The molecule has 3 aromatic carbocycles. The van der Waals surface area contributed by atoms with Gasteiger partial charge in [0.25, 0.3) is 5.91 Å². The molecule has 0 aliphatic carbocycles. The summed E-state index contributed by atoms with van der Waals surface area (Å²) in [5.74, 6) is -0.613. The summed E-state index contributed by atoms with van der Waals surface area (Å²) in [5, 5.41) is 4.10. The van der Waals surface area contributed by atoms with Crippen molar-refractivity contribution < 1.29 is 14.3 Å². The molecular formula is C24H20Cl2N3O2+. The minimum Gasteiger partial charge on any atom is -0.334 e. The van der Waals surface area contributed by atoms with Gasteiger partial charge in [-0.15, -0.1) is 10.1 Å². The van der Waals surface area contributed by atoms with E-state index < -0.39 is 12.1 Å². The van der Waals surface area contributed by atoms with Gasteiger partial charge in [0.2, 0.25) is 12.3 Å². The highest BCUT2D eigenvalue weighted by molar-refractivity contribution is 6.30. The Balaban J connectivity index is 1.69. The molecule has 1 aliphatic rings. The first-order valence-corrected chi connectivity index (χ1v) is 10.5. The fraction of sp³-hybridized carbons (Fsp3) is 0.125. The van der Waals surface area contributed by atoms with Gasteiger partial charge < -0.3 is 5.32 Å². The van der Waals surface area contributed by atoms with Gasteiger partial charge in [0.05, 0.1) is 0 Å². The molecule has 0 bridgehead atoms. The molecular weight excluding hydrogens is 433 g/mol. The normalized spacial score (nSPS) is 19.3. The summed E-state index contributed by atoms with van der Waals surface area (Å²) in [6.45, 7) is 1.95. The molecule has 0 aromatic heterocycles. The third-order valence-corrected chi connectivity index (χ3v) is 5.61. The van der Waals surface area contributed by atoms with Crippen molar-refractivity contribution in [1.82, 2.24) is 10.7 Å². The number of rotatable bonds is 4. The quantitative estimate of drug-likeness (QED) is 0.579. The van der Waals surface area contributed by atoms with Gasteiger partial charge in [-0.3, -0.25) is 9.59 Å². The highest BCUT2D eigenvalue weighted by Crippen LogP contribution is 2.27. The summed E-state index contributed by atoms with van der Waals surface area (Å²) in [6.07, 6.45) is 1.81. The zero-order chi connectivity index (χ0) is 22.0. The molecule has 2 atom stereocenters. The van der Waals surface area contributed by atoms with E-state index in [9.17, 15) is 9.59 Å². The van der Waals surface area contributed by atoms with Crippen molar-refractivity contribution in [2.75, 3.05) is 0 Å². The van der Waals surface area contributed by atoms with Crippen LogP contribution in [0.3, 0.4) is 0 Å². The number of carbonyl (C=O) groups excluding carboxylic acids is 2. The summed E-state index contributed by atoms with van der Waals surface area (Å²) in [6, 6.07) is 20.4. The van der Waals surface area contributed by atoms with Crippen LogP contribution in [-0.4, -0.2) is 28.8 Å². The van der Waals surface area contributed by atoms with Crippen LogP contribution in [0.15, 0.2) is 72.8 Å². The number of aryl methyl sites for hydroxylation is 1. The van der Waals surface area contributed by atoms with Crippen LogP contribution in [0.25, 0.3) is 0 Å².